The molecule has 202 valence electrons. The van der Waals surface area contributed by atoms with Crippen LogP contribution in [0, 0.1) is 0 Å². The highest BCUT2D eigenvalue weighted by atomic mass is 79.9. The minimum atomic E-state index is -3.90. The number of sulfonamides is 1. The van der Waals surface area contributed by atoms with Crippen molar-refractivity contribution >= 4 is 55.1 Å². The molecule has 1 aliphatic carbocycles. The molecule has 11 heteroatoms. The van der Waals surface area contributed by atoms with Crippen molar-refractivity contribution in [3.8, 4) is 5.75 Å². The van der Waals surface area contributed by atoms with E-state index in [0.717, 1.165) is 52.7 Å². The number of rotatable bonds is 10. The molecule has 0 bridgehead atoms. The quantitative estimate of drug-likeness (QED) is 0.417. The number of anilines is 1. The fourth-order valence-electron chi connectivity index (χ4n) is 4.44. The van der Waals surface area contributed by atoms with Crippen LogP contribution in [0.4, 0.5) is 5.69 Å². The van der Waals surface area contributed by atoms with E-state index in [1.807, 2.05) is 24.3 Å². The van der Waals surface area contributed by atoms with E-state index < -0.39 is 28.5 Å². The van der Waals surface area contributed by atoms with Crippen molar-refractivity contribution < 1.29 is 22.7 Å². The number of hydrogen-bond acceptors (Lipinski definition) is 5. The highest BCUT2D eigenvalue weighted by Gasteiger charge is 2.32. The number of benzene rings is 2. The molecule has 2 aromatic carbocycles. The Morgan fingerprint density at radius 3 is 2.49 bits per heavy atom. The van der Waals surface area contributed by atoms with Crippen LogP contribution in [-0.2, 0) is 26.2 Å². The second-order valence-corrected chi connectivity index (χ2v) is 12.5. The maximum Gasteiger partial charge on any atom is 0.244 e. The number of halogens is 2. The van der Waals surface area contributed by atoms with Crippen molar-refractivity contribution in [3.63, 3.8) is 0 Å². The van der Waals surface area contributed by atoms with E-state index in [0.29, 0.717) is 5.02 Å². The second-order valence-electron chi connectivity index (χ2n) is 9.26. The normalized spacial score (nSPS) is 15.1. The van der Waals surface area contributed by atoms with Gasteiger partial charge >= 0.3 is 0 Å². The summed E-state index contributed by atoms with van der Waals surface area (Å²) in [4.78, 5) is 28.4. The molecule has 1 atom stereocenters. The molecule has 8 nitrogen and oxygen atoms in total. The molecule has 2 aromatic rings. The van der Waals surface area contributed by atoms with Crippen molar-refractivity contribution in [2.75, 3.05) is 24.2 Å². The van der Waals surface area contributed by atoms with Crippen LogP contribution in [0.1, 0.15) is 44.6 Å². The average molecular weight is 615 g/mol. The summed E-state index contributed by atoms with van der Waals surface area (Å²) in [6.07, 6.45) is 6.11. The van der Waals surface area contributed by atoms with Crippen molar-refractivity contribution in [2.24, 2.45) is 0 Å². The van der Waals surface area contributed by atoms with Crippen LogP contribution >= 0.6 is 27.5 Å². The number of ether oxygens (including phenoxy) is 1. The first-order valence-corrected chi connectivity index (χ1v) is 15.2. The Labute approximate surface area is 232 Å². The molecule has 0 radical (unpaired) electrons. The van der Waals surface area contributed by atoms with Crippen LogP contribution < -0.4 is 14.4 Å². The maximum absolute atomic E-state index is 13.7. The second kappa shape index (κ2) is 13.0. The summed E-state index contributed by atoms with van der Waals surface area (Å²) in [5.74, 6) is -0.538. The molecular formula is C26H33BrClN3O5S. The van der Waals surface area contributed by atoms with E-state index in [9.17, 15) is 18.0 Å². The zero-order chi connectivity index (χ0) is 27.2. The first-order valence-electron chi connectivity index (χ1n) is 12.1. The highest BCUT2D eigenvalue weighted by Crippen LogP contribution is 2.33. The fraction of sp³-hybridized carbons (Fsp3) is 0.462. The summed E-state index contributed by atoms with van der Waals surface area (Å²) in [6, 6.07) is 11.2. The Hall–Kier alpha value is -2.30. The van der Waals surface area contributed by atoms with Gasteiger partial charge in [-0.2, -0.15) is 0 Å². The molecule has 3 rings (SSSR count). The SMILES string of the molecule is COc1ccc(Cl)cc1N(CC(=O)N(Cc1cccc(Br)c1)[C@H](C)C(=O)NC1CCCCC1)S(C)(=O)=O. The van der Waals surface area contributed by atoms with Crippen LogP contribution in [0.5, 0.6) is 5.75 Å². The van der Waals surface area contributed by atoms with Gasteiger partial charge in [0.25, 0.3) is 0 Å². The summed E-state index contributed by atoms with van der Waals surface area (Å²) in [5.41, 5.74) is 0.943. The molecule has 1 fully saturated rings. The molecule has 0 aromatic heterocycles. The van der Waals surface area contributed by atoms with Gasteiger partial charge in [-0.3, -0.25) is 13.9 Å². The van der Waals surface area contributed by atoms with Gasteiger partial charge in [0.05, 0.1) is 19.1 Å². The zero-order valence-corrected chi connectivity index (χ0v) is 24.4. The number of amides is 2. The predicted molar refractivity (Wildman–Crippen MR) is 149 cm³/mol. The van der Waals surface area contributed by atoms with Crippen LogP contribution in [-0.4, -0.2) is 57.1 Å². The number of carbonyl (C=O) groups is 2. The van der Waals surface area contributed by atoms with Crippen molar-refractivity contribution in [2.45, 2.75) is 57.7 Å². The largest absolute Gasteiger partial charge is 0.495 e. The first kappa shape index (κ1) is 29.3. The van der Waals surface area contributed by atoms with Crippen molar-refractivity contribution in [3.05, 3.63) is 57.5 Å². The third-order valence-electron chi connectivity index (χ3n) is 6.45. The molecular weight excluding hydrogens is 582 g/mol. The number of methoxy groups -OCH3 is 1. The summed E-state index contributed by atoms with van der Waals surface area (Å²) < 4.78 is 32.7. The fourth-order valence-corrected chi connectivity index (χ4v) is 5.89. The molecule has 0 heterocycles. The van der Waals surface area contributed by atoms with Crippen LogP contribution in [0.25, 0.3) is 0 Å². The molecule has 1 saturated carbocycles. The van der Waals surface area contributed by atoms with E-state index in [2.05, 4.69) is 21.2 Å². The average Bonchev–Trinajstić information content (AvgIpc) is 2.85. The lowest BCUT2D eigenvalue weighted by atomic mass is 9.95. The highest BCUT2D eigenvalue weighted by molar-refractivity contribution is 9.10. The van der Waals surface area contributed by atoms with E-state index in [-0.39, 0.29) is 29.9 Å². The van der Waals surface area contributed by atoms with Gasteiger partial charge in [0.15, 0.2) is 0 Å². The van der Waals surface area contributed by atoms with E-state index >= 15 is 0 Å². The van der Waals surface area contributed by atoms with Crippen LogP contribution in [0.2, 0.25) is 5.02 Å². The van der Waals surface area contributed by atoms with Gasteiger partial charge in [-0.05, 0) is 55.7 Å². The minimum absolute atomic E-state index is 0.0785. The van der Waals surface area contributed by atoms with Gasteiger partial charge < -0.3 is 15.0 Å². The van der Waals surface area contributed by atoms with Crippen LogP contribution in [0.3, 0.4) is 0 Å². The number of nitrogens with zero attached hydrogens (tertiary/aromatic N) is 2. The molecule has 0 saturated heterocycles. The Kier molecular flexibility index (Phi) is 10.3. The lowest BCUT2D eigenvalue weighted by Gasteiger charge is -2.33. The Morgan fingerprint density at radius 1 is 1.16 bits per heavy atom. The van der Waals surface area contributed by atoms with Crippen LogP contribution in [0.15, 0.2) is 46.9 Å². The number of carbonyl (C=O) groups excluding carboxylic acids is 2. The third-order valence-corrected chi connectivity index (χ3v) is 8.30. The molecule has 2 amide bonds. The smallest absolute Gasteiger partial charge is 0.244 e. The minimum Gasteiger partial charge on any atom is -0.495 e. The summed E-state index contributed by atoms with van der Waals surface area (Å²) >= 11 is 9.59. The number of hydrogen-bond donors (Lipinski definition) is 1. The lowest BCUT2D eigenvalue weighted by molar-refractivity contribution is -0.139. The van der Waals surface area contributed by atoms with E-state index in [4.69, 9.17) is 16.3 Å². The topological polar surface area (TPSA) is 96.0 Å². The summed E-state index contributed by atoms with van der Waals surface area (Å²) in [7, 11) is -2.50. The van der Waals surface area contributed by atoms with E-state index in [1.165, 1.54) is 18.1 Å². The summed E-state index contributed by atoms with van der Waals surface area (Å²) in [5, 5.41) is 3.38. The molecule has 1 aliphatic rings. The van der Waals surface area contributed by atoms with E-state index in [1.54, 1.807) is 19.1 Å². The molecule has 37 heavy (non-hydrogen) atoms. The zero-order valence-electron chi connectivity index (χ0n) is 21.2. The Bertz CT molecular complexity index is 1220. The Balaban J connectivity index is 1.92. The molecule has 0 aliphatic heterocycles. The van der Waals surface area contributed by atoms with Gasteiger partial charge in [-0.15, -0.1) is 0 Å². The van der Waals surface area contributed by atoms with Gasteiger partial charge in [-0.1, -0.05) is 58.9 Å². The van der Waals surface area contributed by atoms with Gasteiger partial charge in [0, 0.05) is 22.1 Å². The van der Waals surface area contributed by atoms with Gasteiger partial charge in [0.2, 0.25) is 21.8 Å². The lowest BCUT2D eigenvalue weighted by Crippen LogP contribution is -2.53. The monoisotopic (exact) mass is 613 g/mol. The maximum atomic E-state index is 13.7. The predicted octanol–water partition coefficient (Wildman–Crippen LogP) is 4.74. The van der Waals surface area contributed by atoms with Crippen molar-refractivity contribution in [1.82, 2.24) is 10.2 Å². The number of nitrogens with one attached hydrogen (secondary N) is 1. The van der Waals surface area contributed by atoms with Gasteiger partial charge in [0.1, 0.15) is 18.3 Å². The standard InChI is InChI=1S/C26H33BrClN3O5S/c1-18(26(33)29-22-10-5-4-6-11-22)30(16-19-8-7-9-20(27)14-19)25(32)17-31(37(3,34)35)23-15-21(28)12-13-24(23)36-2/h7-9,12-15,18,22H,4-6,10-11,16-17H2,1-3H3,(H,29,33)/t18-/m1/s1. The third kappa shape index (κ3) is 8.09. The first-order chi connectivity index (χ1) is 17.5. The summed E-state index contributed by atoms with van der Waals surface area (Å²) in [6.45, 7) is 1.27. The van der Waals surface area contributed by atoms with Crippen molar-refractivity contribution in [1.29, 1.82) is 0 Å². The Morgan fingerprint density at radius 2 is 1.86 bits per heavy atom. The molecule has 1 N–H and O–H groups in total. The van der Waals surface area contributed by atoms with Gasteiger partial charge in [-0.25, -0.2) is 8.42 Å². The molecule has 0 unspecified atom stereocenters. The molecule has 0 spiro atoms.